The Balaban J connectivity index is 1.28. The van der Waals surface area contributed by atoms with Crippen LogP contribution < -0.4 is 10.6 Å². The van der Waals surface area contributed by atoms with Crippen LogP contribution in [0, 0.1) is 11.8 Å². The molecule has 0 aromatic carbocycles. The highest BCUT2D eigenvalue weighted by atomic mass is 19.1. The minimum absolute atomic E-state index is 0.143. The van der Waals surface area contributed by atoms with Crippen molar-refractivity contribution in [2.45, 2.75) is 13.0 Å². The molecule has 0 bridgehead atoms. The van der Waals surface area contributed by atoms with Gasteiger partial charge in [-0.2, -0.15) is 9.49 Å². The molecule has 0 saturated heterocycles. The van der Waals surface area contributed by atoms with Crippen LogP contribution in [0.5, 0.6) is 0 Å². The first-order valence-electron chi connectivity index (χ1n) is 11.4. The highest BCUT2D eigenvalue weighted by Crippen LogP contribution is 2.26. The Hall–Kier alpha value is -5.34. The van der Waals surface area contributed by atoms with Gasteiger partial charge in [0.1, 0.15) is 17.4 Å². The summed E-state index contributed by atoms with van der Waals surface area (Å²) < 4.78 is 35.4. The number of fused-ring (bicyclic) bond motifs is 1. The molecule has 0 saturated carbocycles. The number of nitrogens with one attached hydrogen (secondary N) is 2. The van der Waals surface area contributed by atoms with Gasteiger partial charge in [0.2, 0.25) is 5.95 Å². The van der Waals surface area contributed by atoms with Crippen LogP contribution in [-0.4, -0.2) is 51.7 Å². The van der Waals surface area contributed by atoms with E-state index in [0.717, 1.165) is 12.3 Å². The van der Waals surface area contributed by atoms with Crippen molar-refractivity contribution in [3.05, 3.63) is 71.9 Å². The number of halogens is 2. The van der Waals surface area contributed by atoms with Crippen LogP contribution in [0.1, 0.15) is 28.9 Å². The topological polar surface area (TPSA) is 155 Å². The Labute approximate surface area is 218 Å². The van der Waals surface area contributed by atoms with E-state index >= 15 is 0 Å². The third kappa shape index (κ3) is 5.22. The monoisotopic (exact) mass is 534 g/mol. The summed E-state index contributed by atoms with van der Waals surface area (Å²) in [5, 5.41) is 17.3. The van der Waals surface area contributed by atoms with E-state index in [1.807, 2.05) is 0 Å². The highest BCUT2D eigenvalue weighted by molar-refractivity contribution is 6.05. The molecule has 198 valence electrons. The first-order valence-corrected chi connectivity index (χ1v) is 11.4. The van der Waals surface area contributed by atoms with Gasteiger partial charge in [-0.05, 0) is 31.2 Å². The molecule has 0 aliphatic rings. The zero-order chi connectivity index (χ0) is 27.7. The van der Waals surface area contributed by atoms with E-state index in [4.69, 9.17) is 4.74 Å². The lowest BCUT2D eigenvalue weighted by Crippen LogP contribution is -2.19. The number of carbonyl (C=O) groups is 2. The Morgan fingerprint density at radius 2 is 1.79 bits per heavy atom. The number of hydrogen-bond acceptors (Lipinski definition) is 9. The molecule has 2 amide bonds. The molecule has 5 heterocycles. The van der Waals surface area contributed by atoms with Crippen molar-refractivity contribution in [3.63, 3.8) is 0 Å². The van der Waals surface area contributed by atoms with Crippen LogP contribution in [0.4, 0.5) is 25.1 Å². The minimum Gasteiger partial charge on any atom is -0.441 e. The molecule has 0 aliphatic heterocycles. The van der Waals surface area contributed by atoms with Crippen LogP contribution in [0.15, 0.2) is 49.1 Å². The third-order valence-corrected chi connectivity index (χ3v) is 5.73. The lowest BCUT2D eigenvalue weighted by atomic mass is 10.2. The zero-order valence-corrected chi connectivity index (χ0v) is 20.8. The van der Waals surface area contributed by atoms with Crippen molar-refractivity contribution in [1.29, 1.82) is 0 Å². The molecule has 15 heteroatoms. The van der Waals surface area contributed by atoms with E-state index in [9.17, 15) is 18.4 Å². The second-order valence-corrected chi connectivity index (χ2v) is 8.40. The first-order chi connectivity index (χ1) is 18.7. The molecule has 2 N–H and O–H groups in total. The zero-order valence-electron chi connectivity index (χ0n) is 20.8. The molecule has 5 aromatic heterocycles. The largest absolute Gasteiger partial charge is 0.441 e. The maximum Gasteiger partial charge on any atom is 0.413 e. The summed E-state index contributed by atoms with van der Waals surface area (Å²) in [6, 6.07) is 5.77. The van der Waals surface area contributed by atoms with Crippen LogP contribution >= 0.6 is 0 Å². The smallest absolute Gasteiger partial charge is 0.413 e. The van der Waals surface area contributed by atoms with Crippen molar-refractivity contribution in [2.75, 3.05) is 10.6 Å². The molecular formula is C24H20F2N10O3. The maximum atomic E-state index is 13.9. The number of nitrogens with zero attached hydrogens (tertiary/aromatic N) is 8. The summed E-state index contributed by atoms with van der Waals surface area (Å²) >= 11 is 0. The molecule has 13 nitrogen and oxygen atoms in total. The number of hydrogen-bond donors (Lipinski definition) is 2. The van der Waals surface area contributed by atoms with Gasteiger partial charge in [-0.3, -0.25) is 24.8 Å². The molecule has 0 unspecified atom stereocenters. The number of carbonyl (C=O) groups excluding carboxylic acids is 2. The highest BCUT2D eigenvalue weighted by Gasteiger charge is 2.21. The molecule has 0 spiro atoms. The summed E-state index contributed by atoms with van der Waals surface area (Å²) in [6.45, 7) is 1.38. The first kappa shape index (κ1) is 25.3. The number of aryl methyl sites for hydroxylation is 2. The molecule has 5 aromatic rings. The van der Waals surface area contributed by atoms with Gasteiger partial charge in [-0.1, -0.05) is 5.21 Å². The van der Waals surface area contributed by atoms with Gasteiger partial charge in [0.05, 0.1) is 46.6 Å². The Bertz CT molecular complexity index is 1700. The summed E-state index contributed by atoms with van der Waals surface area (Å²) in [7, 11) is 3.29. The molecule has 0 aliphatic carbocycles. The number of rotatable bonds is 6. The van der Waals surface area contributed by atoms with Gasteiger partial charge in [0.25, 0.3) is 5.91 Å². The number of ether oxygens (including phenoxy) is 1. The SMILES string of the molecule is C[C@@H](OC(=O)Nc1c(-c2ccc(NC(=O)c3cnc4cnn(C)c4c3)cn2)nnn1C)c1cc(F)cnc1F. The Morgan fingerprint density at radius 1 is 0.974 bits per heavy atom. The van der Waals surface area contributed by atoms with Gasteiger partial charge in [0, 0.05) is 20.3 Å². The van der Waals surface area contributed by atoms with Crippen LogP contribution in [0.2, 0.25) is 0 Å². The third-order valence-electron chi connectivity index (χ3n) is 5.73. The lowest BCUT2D eigenvalue weighted by Gasteiger charge is -2.15. The summed E-state index contributed by atoms with van der Waals surface area (Å²) in [4.78, 5) is 37.1. The number of pyridine rings is 3. The number of aromatic nitrogens is 8. The average Bonchev–Trinajstić information content (AvgIpc) is 3.47. The predicted octanol–water partition coefficient (Wildman–Crippen LogP) is 3.39. The normalized spacial score (nSPS) is 11.8. The van der Waals surface area contributed by atoms with E-state index in [1.54, 1.807) is 36.1 Å². The van der Waals surface area contributed by atoms with Gasteiger partial charge in [-0.25, -0.2) is 18.9 Å². The second-order valence-electron chi connectivity index (χ2n) is 8.40. The Kier molecular flexibility index (Phi) is 6.62. The summed E-state index contributed by atoms with van der Waals surface area (Å²) in [6.07, 6.45) is 3.12. The van der Waals surface area contributed by atoms with E-state index in [2.05, 4.69) is 41.0 Å². The fourth-order valence-corrected chi connectivity index (χ4v) is 3.70. The lowest BCUT2D eigenvalue weighted by molar-refractivity contribution is 0.102. The quantitative estimate of drug-likeness (QED) is 0.312. The summed E-state index contributed by atoms with van der Waals surface area (Å²) in [5.74, 6) is -1.96. The van der Waals surface area contributed by atoms with Crippen molar-refractivity contribution in [1.82, 2.24) is 39.7 Å². The van der Waals surface area contributed by atoms with Crippen LogP contribution in [0.25, 0.3) is 22.4 Å². The van der Waals surface area contributed by atoms with Crippen molar-refractivity contribution < 1.29 is 23.1 Å². The fourth-order valence-electron chi connectivity index (χ4n) is 3.70. The average molecular weight is 534 g/mol. The van der Waals surface area contributed by atoms with E-state index in [0.29, 0.717) is 28.0 Å². The second kappa shape index (κ2) is 10.2. The van der Waals surface area contributed by atoms with Crippen molar-refractivity contribution in [3.8, 4) is 11.4 Å². The van der Waals surface area contributed by atoms with E-state index in [1.165, 1.54) is 31.0 Å². The van der Waals surface area contributed by atoms with Crippen molar-refractivity contribution in [2.24, 2.45) is 14.1 Å². The molecule has 5 rings (SSSR count). The van der Waals surface area contributed by atoms with Crippen LogP contribution in [0.3, 0.4) is 0 Å². The number of anilines is 2. The molecule has 39 heavy (non-hydrogen) atoms. The van der Waals surface area contributed by atoms with E-state index in [-0.39, 0.29) is 23.0 Å². The van der Waals surface area contributed by atoms with Gasteiger partial charge in [0.15, 0.2) is 11.5 Å². The van der Waals surface area contributed by atoms with Gasteiger partial charge < -0.3 is 10.1 Å². The predicted molar refractivity (Wildman–Crippen MR) is 133 cm³/mol. The standard InChI is InChI=1S/C24H20F2N10O3/c1-12(16-7-14(25)9-29-21(16)26)39-24(38)32-22-20(33-34-36(22)3)17-5-4-15(10-28-17)31-23(37)13-6-19-18(27-8-13)11-30-35(19)2/h4-12H,1-3H3,(H,31,37)(H,32,38)/t12-/m1/s1. The van der Waals surface area contributed by atoms with Gasteiger partial charge >= 0.3 is 6.09 Å². The molecule has 0 fully saturated rings. The molecule has 1 atom stereocenters. The minimum atomic E-state index is -1.13. The number of amides is 2. The Morgan fingerprint density at radius 3 is 2.56 bits per heavy atom. The molecule has 0 radical (unpaired) electrons. The fraction of sp³-hybridized carbons (Fsp3) is 0.167. The van der Waals surface area contributed by atoms with E-state index < -0.39 is 24.0 Å². The summed E-state index contributed by atoms with van der Waals surface area (Å²) in [5.41, 5.74) is 2.47. The maximum absolute atomic E-state index is 13.9. The van der Waals surface area contributed by atoms with Gasteiger partial charge in [-0.15, -0.1) is 5.10 Å². The van der Waals surface area contributed by atoms with Crippen LogP contribution in [-0.2, 0) is 18.8 Å². The van der Waals surface area contributed by atoms with Crippen molar-refractivity contribution >= 4 is 34.5 Å². The molecular weight excluding hydrogens is 514 g/mol.